The second-order valence-corrected chi connectivity index (χ2v) is 4.10. The van der Waals surface area contributed by atoms with Gasteiger partial charge in [0, 0.05) is 19.6 Å². The minimum atomic E-state index is 0.992. The van der Waals surface area contributed by atoms with Gasteiger partial charge in [0.05, 0.1) is 0 Å². The lowest BCUT2D eigenvalue weighted by molar-refractivity contribution is 0.319. The first kappa shape index (κ1) is 11.0. The van der Waals surface area contributed by atoms with Gasteiger partial charge < -0.3 is 10.2 Å². The molecule has 0 amide bonds. The van der Waals surface area contributed by atoms with Gasteiger partial charge in [-0.05, 0) is 31.8 Å². The number of likely N-dealkylation sites (N-methyl/N-ethyl adjacent to an activating group) is 1. The summed E-state index contributed by atoms with van der Waals surface area (Å²) in [5.74, 6) is 0.992. The Morgan fingerprint density at radius 3 is 2.92 bits per heavy atom. The molecule has 0 aromatic carbocycles. The van der Waals surface area contributed by atoms with Gasteiger partial charge in [-0.3, -0.25) is 0 Å². The maximum Gasteiger partial charge on any atom is 0.0107 e. The van der Waals surface area contributed by atoms with Crippen molar-refractivity contribution in [3.63, 3.8) is 0 Å². The third kappa shape index (κ3) is 4.10. The molecule has 13 heavy (non-hydrogen) atoms. The molecule has 1 atom stereocenters. The van der Waals surface area contributed by atoms with Crippen LogP contribution < -0.4 is 5.32 Å². The molecule has 78 valence electrons. The van der Waals surface area contributed by atoms with E-state index in [-0.39, 0.29) is 0 Å². The lowest BCUT2D eigenvalue weighted by atomic mass is 10.0. The summed E-state index contributed by atoms with van der Waals surface area (Å²) >= 11 is 0. The third-order valence-electron chi connectivity index (χ3n) is 2.92. The Labute approximate surface area is 82.7 Å². The number of nitrogens with one attached hydrogen (secondary N) is 1. The minimum absolute atomic E-state index is 0.992. The van der Waals surface area contributed by atoms with Crippen LogP contribution in [-0.2, 0) is 0 Å². The molecule has 1 unspecified atom stereocenters. The van der Waals surface area contributed by atoms with Gasteiger partial charge in [0.1, 0.15) is 0 Å². The number of likely N-dealkylation sites (tertiary alicyclic amines) is 1. The second kappa shape index (κ2) is 6.39. The van der Waals surface area contributed by atoms with Crippen LogP contribution in [-0.4, -0.2) is 37.6 Å². The molecule has 1 N–H and O–H groups in total. The van der Waals surface area contributed by atoms with Crippen LogP contribution in [0.1, 0.15) is 33.1 Å². The SMILES string of the molecule is CCCC1CCN(CCNCC)C1. The molecular weight excluding hydrogens is 160 g/mol. The van der Waals surface area contributed by atoms with Gasteiger partial charge in [-0.1, -0.05) is 20.3 Å². The predicted molar refractivity (Wildman–Crippen MR) is 58.0 cm³/mol. The van der Waals surface area contributed by atoms with E-state index >= 15 is 0 Å². The van der Waals surface area contributed by atoms with Crippen molar-refractivity contribution in [3.05, 3.63) is 0 Å². The van der Waals surface area contributed by atoms with Gasteiger partial charge in [0.2, 0.25) is 0 Å². The first-order chi connectivity index (χ1) is 6.36. The van der Waals surface area contributed by atoms with Gasteiger partial charge in [-0.25, -0.2) is 0 Å². The highest BCUT2D eigenvalue weighted by Crippen LogP contribution is 2.19. The Kier molecular flexibility index (Phi) is 5.40. The molecule has 1 aliphatic heterocycles. The molecule has 1 aliphatic rings. The summed E-state index contributed by atoms with van der Waals surface area (Å²) in [6, 6.07) is 0. The molecule has 0 radical (unpaired) electrons. The van der Waals surface area contributed by atoms with Crippen molar-refractivity contribution in [2.75, 3.05) is 32.7 Å². The molecule has 0 aromatic rings. The smallest absolute Gasteiger partial charge is 0.0107 e. The van der Waals surface area contributed by atoms with Crippen LogP contribution >= 0.6 is 0 Å². The molecule has 1 fully saturated rings. The Balaban J connectivity index is 2.03. The van der Waals surface area contributed by atoms with E-state index in [0.717, 1.165) is 19.0 Å². The fraction of sp³-hybridized carbons (Fsp3) is 1.00. The highest BCUT2D eigenvalue weighted by atomic mass is 15.2. The topological polar surface area (TPSA) is 15.3 Å². The number of hydrogen-bond acceptors (Lipinski definition) is 2. The van der Waals surface area contributed by atoms with Crippen molar-refractivity contribution in [2.24, 2.45) is 5.92 Å². The summed E-state index contributed by atoms with van der Waals surface area (Å²) in [5.41, 5.74) is 0. The van der Waals surface area contributed by atoms with Crippen LogP contribution in [0.4, 0.5) is 0 Å². The molecule has 0 aromatic heterocycles. The Morgan fingerprint density at radius 2 is 2.23 bits per heavy atom. The first-order valence-electron chi connectivity index (χ1n) is 5.79. The zero-order chi connectivity index (χ0) is 9.52. The van der Waals surface area contributed by atoms with E-state index in [1.807, 2.05) is 0 Å². The van der Waals surface area contributed by atoms with Gasteiger partial charge in [-0.2, -0.15) is 0 Å². The second-order valence-electron chi connectivity index (χ2n) is 4.10. The van der Waals surface area contributed by atoms with Gasteiger partial charge in [-0.15, -0.1) is 0 Å². The lowest BCUT2D eigenvalue weighted by Crippen LogP contribution is -2.30. The standard InChI is InChI=1S/C11H24N2/c1-3-5-11-6-8-13(10-11)9-7-12-4-2/h11-12H,3-10H2,1-2H3. The van der Waals surface area contributed by atoms with Crippen LogP contribution in [0.3, 0.4) is 0 Å². The summed E-state index contributed by atoms with van der Waals surface area (Å²) in [5, 5.41) is 3.38. The third-order valence-corrected chi connectivity index (χ3v) is 2.92. The zero-order valence-electron chi connectivity index (χ0n) is 9.18. The molecule has 1 rings (SSSR count). The van der Waals surface area contributed by atoms with Crippen LogP contribution in [0, 0.1) is 5.92 Å². The van der Waals surface area contributed by atoms with E-state index in [1.54, 1.807) is 0 Å². The van der Waals surface area contributed by atoms with Crippen LogP contribution in [0.15, 0.2) is 0 Å². The summed E-state index contributed by atoms with van der Waals surface area (Å²) in [4.78, 5) is 2.60. The first-order valence-corrected chi connectivity index (χ1v) is 5.79. The van der Waals surface area contributed by atoms with E-state index in [4.69, 9.17) is 0 Å². The highest BCUT2D eigenvalue weighted by Gasteiger charge is 2.20. The zero-order valence-corrected chi connectivity index (χ0v) is 9.18. The van der Waals surface area contributed by atoms with E-state index < -0.39 is 0 Å². The van der Waals surface area contributed by atoms with Crippen LogP contribution in [0.25, 0.3) is 0 Å². The molecular formula is C11H24N2. The monoisotopic (exact) mass is 184 g/mol. The molecule has 1 heterocycles. The normalized spacial score (nSPS) is 24.0. The molecule has 0 aliphatic carbocycles. The maximum absolute atomic E-state index is 3.38. The van der Waals surface area contributed by atoms with Gasteiger partial charge in [0.25, 0.3) is 0 Å². The Morgan fingerprint density at radius 1 is 1.38 bits per heavy atom. The Hall–Kier alpha value is -0.0800. The number of rotatable bonds is 6. The highest BCUT2D eigenvalue weighted by molar-refractivity contribution is 4.75. The number of hydrogen-bond donors (Lipinski definition) is 1. The molecule has 1 saturated heterocycles. The molecule has 0 spiro atoms. The average Bonchev–Trinajstić information content (AvgIpc) is 2.54. The van der Waals surface area contributed by atoms with Crippen molar-refractivity contribution in [3.8, 4) is 0 Å². The van der Waals surface area contributed by atoms with E-state index in [9.17, 15) is 0 Å². The van der Waals surface area contributed by atoms with Crippen molar-refractivity contribution in [1.82, 2.24) is 10.2 Å². The Bertz CT molecular complexity index is 125. The van der Waals surface area contributed by atoms with Crippen molar-refractivity contribution in [1.29, 1.82) is 0 Å². The summed E-state index contributed by atoms with van der Waals surface area (Å²) in [6.45, 7) is 10.6. The number of nitrogens with zero attached hydrogens (tertiary/aromatic N) is 1. The van der Waals surface area contributed by atoms with Crippen molar-refractivity contribution in [2.45, 2.75) is 33.1 Å². The molecule has 0 bridgehead atoms. The molecule has 2 nitrogen and oxygen atoms in total. The predicted octanol–water partition coefficient (Wildman–Crippen LogP) is 1.72. The van der Waals surface area contributed by atoms with Gasteiger partial charge >= 0.3 is 0 Å². The van der Waals surface area contributed by atoms with E-state index in [2.05, 4.69) is 24.1 Å². The van der Waals surface area contributed by atoms with Crippen molar-refractivity contribution < 1.29 is 0 Å². The van der Waals surface area contributed by atoms with Gasteiger partial charge in [0.15, 0.2) is 0 Å². The average molecular weight is 184 g/mol. The maximum atomic E-state index is 3.38. The fourth-order valence-corrected chi connectivity index (χ4v) is 2.17. The molecule has 2 heteroatoms. The van der Waals surface area contributed by atoms with Crippen LogP contribution in [0.2, 0.25) is 0 Å². The summed E-state index contributed by atoms with van der Waals surface area (Å²) in [7, 11) is 0. The largest absolute Gasteiger partial charge is 0.316 e. The molecule has 0 saturated carbocycles. The minimum Gasteiger partial charge on any atom is -0.316 e. The van der Waals surface area contributed by atoms with Crippen molar-refractivity contribution >= 4 is 0 Å². The summed E-state index contributed by atoms with van der Waals surface area (Å²) in [6.07, 6.45) is 4.21. The van der Waals surface area contributed by atoms with E-state index in [1.165, 1.54) is 38.9 Å². The van der Waals surface area contributed by atoms with Crippen LogP contribution in [0.5, 0.6) is 0 Å². The summed E-state index contributed by atoms with van der Waals surface area (Å²) < 4.78 is 0. The van der Waals surface area contributed by atoms with E-state index in [0.29, 0.717) is 0 Å². The fourth-order valence-electron chi connectivity index (χ4n) is 2.17. The lowest BCUT2D eigenvalue weighted by Gasteiger charge is -2.15. The quantitative estimate of drug-likeness (QED) is 0.632.